The average molecular weight is 453 g/mol. The quantitative estimate of drug-likeness (QED) is 0.712. The Labute approximate surface area is 177 Å². The summed E-state index contributed by atoms with van der Waals surface area (Å²) in [5, 5.41) is 0.945. The van der Waals surface area contributed by atoms with Crippen molar-refractivity contribution >= 4 is 44.3 Å². The second-order valence-electron chi connectivity index (χ2n) is 7.11. The topological polar surface area (TPSA) is 66.8 Å². The first-order valence-electron chi connectivity index (χ1n) is 9.04. The zero-order valence-electron chi connectivity index (χ0n) is 15.3. The third-order valence-corrected chi connectivity index (χ3v) is 8.58. The van der Waals surface area contributed by atoms with Gasteiger partial charge in [-0.3, -0.25) is 4.79 Å². The van der Waals surface area contributed by atoms with Crippen LogP contribution >= 0.6 is 23.4 Å². The van der Waals surface area contributed by atoms with Gasteiger partial charge in [0.1, 0.15) is 5.82 Å². The molecule has 2 atom stereocenters. The average Bonchev–Trinajstić information content (AvgIpc) is 3.11. The van der Waals surface area contributed by atoms with Crippen LogP contribution in [-0.4, -0.2) is 47.2 Å². The second kappa shape index (κ2) is 8.08. The number of aliphatic imine (C=N–C) groups is 1. The van der Waals surface area contributed by atoms with Gasteiger partial charge < -0.3 is 4.90 Å². The van der Waals surface area contributed by atoms with E-state index in [2.05, 4.69) is 4.99 Å². The Kier molecular flexibility index (Phi) is 5.68. The number of hydrogen-bond acceptors (Lipinski definition) is 4. The zero-order valence-corrected chi connectivity index (χ0v) is 17.7. The van der Waals surface area contributed by atoms with Crippen LogP contribution in [0, 0.1) is 5.82 Å². The van der Waals surface area contributed by atoms with Crippen molar-refractivity contribution < 1.29 is 17.6 Å². The van der Waals surface area contributed by atoms with Gasteiger partial charge in [0, 0.05) is 16.8 Å². The molecule has 0 aromatic heterocycles. The lowest BCUT2D eigenvalue weighted by atomic mass is 10.1. The van der Waals surface area contributed by atoms with Crippen molar-refractivity contribution in [2.45, 2.75) is 24.3 Å². The summed E-state index contributed by atoms with van der Waals surface area (Å²) in [5.41, 5.74) is 1.52. The van der Waals surface area contributed by atoms with Crippen LogP contribution in [-0.2, 0) is 27.6 Å². The second-order valence-corrected chi connectivity index (χ2v) is 10.9. The van der Waals surface area contributed by atoms with Crippen LogP contribution in [0.25, 0.3) is 0 Å². The molecule has 2 fully saturated rings. The smallest absolute Gasteiger partial charge is 0.252 e. The number of sulfone groups is 1. The standard InChI is InChI=1S/C20H18ClFN2O3S2/c21-16-4-2-1-3-14(16)10-24-17-11-29(26,27)12-18(17)28-20(24)23-19(25)9-13-5-7-15(22)8-6-13/h1-8,17-18H,9-12H2. The molecule has 2 aliphatic rings. The Bertz CT molecular complexity index is 1070. The molecule has 0 saturated carbocycles. The van der Waals surface area contributed by atoms with Crippen LogP contribution in [0.5, 0.6) is 0 Å². The van der Waals surface area contributed by atoms with Gasteiger partial charge in [-0.05, 0) is 29.3 Å². The van der Waals surface area contributed by atoms with Gasteiger partial charge in [0.05, 0.1) is 24.0 Å². The van der Waals surface area contributed by atoms with Gasteiger partial charge in [-0.1, -0.05) is 53.7 Å². The number of amidine groups is 1. The Morgan fingerprint density at radius 1 is 1.17 bits per heavy atom. The lowest BCUT2D eigenvalue weighted by Gasteiger charge is -2.25. The minimum absolute atomic E-state index is 0.0420. The molecule has 2 aromatic rings. The first kappa shape index (κ1) is 20.4. The van der Waals surface area contributed by atoms with Crippen molar-refractivity contribution in [1.29, 1.82) is 0 Å². The van der Waals surface area contributed by atoms with Crippen molar-refractivity contribution in [2.24, 2.45) is 4.99 Å². The number of halogens is 2. The maximum Gasteiger partial charge on any atom is 0.252 e. The third kappa shape index (κ3) is 4.65. The number of rotatable bonds is 4. The molecule has 0 spiro atoms. The van der Waals surface area contributed by atoms with Gasteiger partial charge >= 0.3 is 0 Å². The normalized spacial score (nSPS) is 24.1. The molecular formula is C20H18ClFN2O3S2. The van der Waals surface area contributed by atoms with Gasteiger partial charge in [0.2, 0.25) is 0 Å². The molecule has 0 bridgehead atoms. The van der Waals surface area contributed by atoms with E-state index in [0.29, 0.717) is 22.3 Å². The Hall–Kier alpha value is -1.90. The Morgan fingerprint density at radius 2 is 1.90 bits per heavy atom. The molecule has 9 heteroatoms. The number of carbonyl (C=O) groups is 1. The van der Waals surface area contributed by atoms with E-state index in [0.717, 1.165) is 5.56 Å². The monoisotopic (exact) mass is 452 g/mol. The van der Waals surface area contributed by atoms with Gasteiger partial charge in [-0.2, -0.15) is 4.99 Å². The van der Waals surface area contributed by atoms with E-state index in [1.165, 1.54) is 23.9 Å². The van der Waals surface area contributed by atoms with Crippen molar-refractivity contribution in [3.63, 3.8) is 0 Å². The summed E-state index contributed by atoms with van der Waals surface area (Å²) in [6, 6.07) is 12.8. The molecular weight excluding hydrogens is 435 g/mol. The third-order valence-electron chi connectivity index (χ3n) is 4.96. The number of hydrogen-bond donors (Lipinski definition) is 0. The fourth-order valence-corrected chi connectivity index (χ4v) is 7.72. The molecule has 2 saturated heterocycles. The number of fused-ring (bicyclic) bond motifs is 1. The molecule has 0 aliphatic carbocycles. The molecule has 4 rings (SSSR count). The molecule has 1 amide bonds. The summed E-state index contributed by atoms with van der Waals surface area (Å²) in [5.74, 6) is -0.600. The van der Waals surface area contributed by atoms with Gasteiger partial charge in [0.25, 0.3) is 5.91 Å². The predicted molar refractivity (Wildman–Crippen MR) is 113 cm³/mol. The van der Waals surface area contributed by atoms with E-state index in [1.54, 1.807) is 18.2 Å². The molecule has 2 aliphatic heterocycles. The number of thioether (sulfide) groups is 1. The van der Waals surface area contributed by atoms with Crippen LogP contribution in [0.3, 0.4) is 0 Å². The summed E-state index contributed by atoms with van der Waals surface area (Å²) >= 11 is 7.62. The van der Waals surface area contributed by atoms with E-state index in [4.69, 9.17) is 11.6 Å². The molecule has 0 radical (unpaired) electrons. The number of amides is 1. The highest BCUT2D eigenvalue weighted by Crippen LogP contribution is 2.39. The maximum absolute atomic E-state index is 13.1. The van der Waals surface area contributed by atoms with E-state index in [9.17, 15) is 17.6 Å². The molecule has 29 heavy (non-hydrogen) atoms. The maximum atomic E-state index is 13.1. The van der Waals surface area contributed by atoms with Crippen LogP contribution in [0.4, 0.5) is 4.39 Å². The van der Waals surface area contributed by atoms with Crippen LogP contribution in [0.15, 0.2) is 53.5 Å². The van der Waals surface area contributed by atoms with Crippen molar-refractivity contribution in [3.8, 4) is 0 Å². The summed E-state index contributed by atoms with van der Waals surface area (Å²) in [6.07, 6.45) is 0.0535. The van der Waals surface area contributed by atoms with E-state index < -0.39 is 9.84 Å². The number of nitrogens with zero attached hydrogens (tertiary/aromatic N) is 2. The minimum Gasteiger partial charge on any atom is -0.342 e. The van der Waals surface area contributed by atoms with Gasteiger partial charge in [0.15, 0.2) is 15.0 Å². The highest BCUT2D eigenvalue weighted by atomic mass is 35.5. The summed E-state index contributed by atoms with van der Waals surface area (Å²) in [6.45, 7) is 0.381. The summed E-state index contributed by atoms with van der Waals surface area (Å²) in [4.78, 5) is 18.6. The van der Waals surface area contributed by atoms with Crippen LogP contribution in [0.1, 0.15) is 11.1 Å². The number of carbonyl (C=O) groups excluding carboxylic acids is 1. The largest absolute Gasteiger partial charge is 0.342 e. The summed E-state index contributed by atoms with van der Waals surface area (Å²) in [7, 11) is -3.12. The fourth-order valence-electron chi connectivity index (χ4n) is 3.55. The van der Waals surface area contributed by atoms with Gasteiger partial charge in [-0.15, -0.1) is 0 Å². The Morgan fingerprint density at radius 3 is 2.62 bits per heavy atom. The zero-order chi connectivity index (χ0) is 20.6. The fraction of sp³-hybridized carbons (Fsp3) is 0.300. The van der Waals surface area contributed by atoms with Crippen LogP contribution in [0.2, 0.25) is 5.02 Å². The molecule has 2 heterocycles. The van der Waals surface area contributed by atoms with Crippen molar-refractivity contribution in [2.75, 3.05) is 11.5 Å². The molecule has 2 unspecified atom stereocenters. The highest BCUT2D eigenvalue weighted by Gasteiger charge is 2.48. The highest BCUT2D eigenvalue weighted by molar-refractivity contribution is 8.15. The predicted octanol–water partition coefficient (Wildman–Crippen LogP) is 3.32. The molecule has 5 nitrogen and oxygen atoms in total. The summed E-state index contributed by atoms with van der Waals surface area (Å²) < 4.78 is 37.3. The minimum atomic E-state index is -3.12. The molecule has 0 N–H and O–H groups in total. The van der Waals surface area contributed by atoms with Crippen molar-refractivity contribution in [1.82, 2.24) is 4.90 Å². The number of benzene rings is 2. The lowest BCUT2D eigenvalue weighted by Crippen LogP contribution is -2.37. The first-order chi connectivity index (χ1) is 13.8. The SMILES string of the molecule is O=C(Cc1ccc(F)cc1)N=C1SC2CS(=O)(=O)CC2N1Cc1ccccc1Cl. The molecule has 152 valence electrons. The van der Waals surface area contributed by atoms with E-state index in [1.807, 2.05) is 23.1 Å². The lowest BCUT2D eigenvalue weighted by molar-refractivity contribution is -0.117. The molecule has 2 aromatic carbocycles. The van der Waals surface area contributed by atoms with Gasteiger partial charge in [-0.25, -0.2) is 12.8 Å². The Balaban J connectivity index is 1.58. The van der Waals surface area contributed by atoms with Crippen molar-refractivity contribution in [3.05, 3.63) is 70.5 Å². The first-order valence-corrected chi connectivity index (χ1v) is 12.1. The van der Waals surface area contributed by atoms with Crippen LogP contribution < -0.4 is 0 Å². The van der Waals surface area contributed by atoms with E-state index >= 15 is 0 Å². The van der Waals surface area contributed by atoms with E-state index in [-0.39, 0.29) is 40.9 Å².